The first-order valence-electron chi connectivity index (χ1n) is 19.4. The van der Waals surface area contributed by atoms with Crippen molar-refractivity contribution < 1.29 is 38.7 Å². The first kappa shape index (κ1) is 39.5. The predicted octanol–water partition coefficient (Wildman–Crippen LogP) is 7.23. The zero-order valence-corrected chi connectivity index (χ0v) is 32.6. The van der Waals surface area contributed by atoms with Crippen LogP contribution in [0.5, 0.6) is 17.2 Å². The van der Waals surface area contributed by atoms with Crippen molar-refractivity contribution in [2.24, 2.45) is 5.41 Å². The highest BCUT2D eigenvalue weighted by Crippen LogP contribution is 2.59. The quantitative estimate of drug-likeness (QED) is 0.157. The average Bonchev–Trinajstić information content (AvgIpc) is 3.78. The molecule has 0 aromatic heterocycles. The molecule has 2 bridgehead atoms. The topological polar surface area (TPSA) is 115 Å². The van der Waals surface area contributed by atoms with Gasteiger partial charge in [-0.3, -0.25) is 9.59 Å². The summed E-state index contributed by atoms with van der Waals surface area (Å²) in [5.74, 6) is 1.46. The summed E-state index contributed by atoms with van der Waals surface area (Å²) in [6, 6.07) is 18.7. The van der Waals surface area contributed by atoms with Gasteiger partial charge in [0.05, 0.1) is 52.1 Å². The summed E-state index contributed by atoms with van der Waals surface area (Å²) in [4.78, 5) is 30.6. The average molecular weight is 740 g/mol. The maximum atomic E-state index is 14.4. The molecule has 7 rings (SSSR count). The van der Waals surface area contributed by atoms with Crippen LogP contribution in [0.2, 0.25) is 0 Å². The summed E-state index contributed by atoms with van der Waals surface area (Å²) in [6.45, 7) is 5.47. The Hall–Kier alpha value is -4.18. The Labute approximate surface area is 320 Å². The molecule has 1 amide bonds. The number of amides is 1. The van der Waals surface area contributed by atoms with E-state index < -0.39 is 17.1 Å². The van der Waals surface area contributed by atoms with Crippen molar-refractivity contribution in [3.8, 4) is 17.2 Å². The van der Waals surface area contributed by atoms with E-state index in [0.29, 0.717) is 73.6 Å². The zero-order chi connectivity index (χ0) is 38.5. The molecule has 5 atom stereocenters. The molecule has 54 heavy (non-hydrogen) atoms. The third kappa shape index (κ3) is 8.54. The van der Waals surface area contributed by atoms with Crippen LogP contribution in [0.4, 0.5) is 0 Å². The van der Waals surface area contributed by atoms with Crippen LogP contribution < -0.4 is 14.2 Å². The molecule has 1 heterocycles. The number of hydrogen-bond acceptors (Lipinski definition) is 8. The van der Waals surface area contributed by atoms with Crippen LogP contribution in [-0.2, 0) is 22.4 Å². The van der Waals surface area contributed by atoms with Gasteiger partial charge < -0.3 is 34.1 Å². The van der Waals surface area contributed by atoms with Crippen molar-refractivity contribution in [2.75, 3.05) is 41.0 Å². The predicted molar refractivity (Wildman–Crippen MR) is 209 cm³/mol. The van der Waals surface area contributed by atoms with Crippen molar-refractivity contribution >= 4 is 11.7 Å². The van der Waals surface area contributed by atoms with Gasteiger partial charge in [0.2, 0.25) is 5.91 Å². The van der Waals surface area contributed by atoms with E-state index in [-0.39, 0.29) is 36.7 Å². The van der Waals surface area contributed by atoms with E-state index in [2.05, 4.69) is 19.9 Å². The SMILES string of the molecule is COc1ccc(C(=O)c2cc3ccc2C2CCC(O)(CN(CC4CCCO4)C(=O)Cc4ccc(OC)c(OC)c4)C2(C)CCC=C(C)CCC(O)C3)cc1. The fraction of sp³-hybridized carbons (Fsp3) is 0.511. The molecule has 5 unspecified atom stereocenters. The molecule has 1 saturated carbocycles. The molecule has 3 aromatic rings. The Kier molecular flexibility index (Phi) is 12.5. The number of aliphatic hydroxyl groups is 2. The number of allylic oxidation sites excluding steroid dienone is 2. The number of carbonyl (C=O) groups excluding carboxylic acids is 2. The van der Waals surface area contributed by atoms with Crippen LogP contribution in [0.3, 0.4) is 0 Å². The Morgan fingerprint density at radius 3 is 2.41 bits per heavy atom. The fourth-order valence-corrected chi connectivity index (χ4v) is 8.98. The third-order valence-electron chi connectivity index (χ3n) is 12.3. The van der Waals surface area contributed by atoms with Gasteiger partial charge in [0, 0.05) is 29.7 Å². The molecule has 3 aromatic carbocycles. The minimum Gasteiger partial charge on any atom is -0.497 e. The van der Waals surface area contributed by atoms with Crippen LogP contribution in [-0.4, -0.2) is 85.6 Å². The van der Waals surface area contributed by atoms with E-state index in [4.69, 9.17) is 18.9 Å². The monoisotopic (exact) mass is 739 g/mol. The largest absolute Gasteiger partial charge is 0.497 e. The molecule has 290 valence electrons. The maximum Gasteiger partial charge on any atom is 0.227 e. The Morgan fingerprint density at radius 2 is 1.70 bits per heavy atom. The van der Waals surface area contributed by atoms with E-state index in [9.17, 15) is 19.8 Å². The van der Waals surface area contributed by atoms with Crippen LogP contribution in [0.15, 0.2) is 72.3 Å². The molecular formula is C45H57NO8. The van der Waals surface area contributed by atoms with Crippen molar-refractivity contribution in [2.45, 2.75) is 102 Å². The number of benzene rings is 3. The van der Waals surface area contributed by atoms with E-state index in [1.807, 2.05) is 41.3 Å². The highest BCUT2D eigenvalue weighted by atomic mass is 16.5. The number of methoxy groups -OCH3 is 3. The van der Waals surface area contributed by atoms with Crippen molar-refractivity contribution in [3.63, 3.8) is 0 Å². The lowest BCUT2D eigenvalue weighted by atomic mass is 9.64. The highest BCUT2D eigenvalue weighted by molar-refractivity contribution is 6.10. The summed E-state index contributed by atoms with van der Waals surface area (Å²) < 4.78 is 22.4. The second kappa shape index (κ2) is 17.1. The summed E-state index contributed by atoms with van der Waals surface area (Å²) in [5.41, 5.74) is 3.00. The Bertz CT molecular complexity index is 1810. The molecule has 1 saturated heterocycles. The smallest absolute Gasteiger partial charge is 0.227 e. The number of fused-ring (bicyclic) bond motifs is 8. The molecule has 0 spiro atoms. The van der Waals surface area contributed by atoms with Crippen LogP contribution >= 0.6 is 0 Å². The molecule has 1 aliphatic heterocycles. The second-order valence-electron chi connectivity index (χ2n) is 15.8. The normalized spacial score (nSPS) is 25.7. The molecular weight excluding hydrogens is 682 g/mol. The molecule has 4 aliphatic rings. The number of ketones is 1. The first-order valence-corrected chi connectivity index (χ1v) is 19.4. The van der Waals surface area contributed by atoms with Crippen LogP contribution in [0.25, 0.3) is 0 Å². The maximum absolute atomic E-state index is 14.4. The van der Waals surface area contributed by atoms with Crippen LogP contribution in [0.1, 0.15) is 104 Å². The standard InChI is InChI=1S/C45H57NO8/c1-30-8-6-21-44(2)39(37-18-11-31(24-34(47)15-10-30)25-38(37)43(49)33-13-16-35(51-3)17-14-33)20-22-45(44,50)29-46(28-36-9-7-23-54-36)42(48)27-32-12-19-40(52-4)41(26-32)53-5/h8,11-14,16-19,25-26,34,36,39,47,50H,6-7,9-10,15,20-24,27-29H2,1-5H3. The summed E-state index contributed by atoms with van der Waals surface area (Å²) >= 11 is 0. The van der Waals surface area contributed by atoms with Gasteiger partial charge in [0.15, 0.2) is 17.3 Å². The van der Waals surface area contributed by atoms with Gasteiger partial charge in [0.25, 0.3) is 0 Å². The second-order valence-corrected chi connectivity index (χ2v) is 15.8. The number of nitrogens with zero attached hydrogens (tertiary/aromatic N) is 1. The first-order chi connectivity index (χ1) is 26.0. The number of ether oxygens (including phenoxy) is 4. The molecule has 9 heteroatoms. The highest BCUT2D eigenvalue weighted by Gasteiger charge is 2.57. The van der Waals surface area contributed by atoms with E-state index in [1.54, 1.807) is 45.6 Å². The lowest BCUT2D eigenvalue weighted by molar-refractivity contribution is -0.141. The van der Waals surface area contributed by atoms with Gasteiger partial charge in [-0.1, -0.05) is 36.8 Å². The minimum atomic E-state index is -1.25. The molecule has 3 aliphatic carbocycles. The molecule has 0 radical (unpaired) electrons. The molecule has 9 nitrogen and oxygen atoms in total. The van der Waals surface area contributed by atoms with Crippen molar-refractivity contribution in [3.05, 3.63) is 100 Å². The summed E-state index contributed by atoms with van der Waals surface area (Å²) in [5, 5.41) is 24.1. The lowest BCUT2D eigenvalue weighted by Gasteiger charge is -2.46. The fourth-order valence-electron chi connectivity index (χ4n) is 8.98. The van der Waals surface area contributed by atoms with Gasteiger partial charge in [-0.15, -0.1) is 0 Å². The van der Waals surface area contributed by atoms with E-state index in [0.717, 1.165) is 42.4 Å². The molecule has 2 fully saturated rings. The van der Waals surface area contributed by atoms with Gasteiger partial charge >= 0.3 is 0 Å². The van der Waals surface area contributed by atoms with E-state index in [1.165, 1.54) is 5.57 Å². The summed E-state index contributed by atoms with van der Waals surface area (Å²) in [6.07, 6.45) is 7.88. The van der Waals surface area contributed by atoms with Crippen molar-refractivity contribution in [1.29, 1.82) is 0 Å². The number of aliphatic hydroxyl groups excluding tert-OH is 1. The third-order valence-corrected chi connectivity index (χ3v) is 12.3. The van der Waals surface area contributed by atoms with Gasteiger partial charge in [0.1, 0.15) is 5.75 Å². The summed E-state index contributed by atoms with van der Waals surface area (Å²) in [7, 11) is 4.76. The molecule has 2 N–H and O–H groups in total. The van der Waals surface area contributed by atoms with Gasteiger partial charge in [-0.2, -0.15) is 0 Å². The van der Waals surface area contributed by atoms with Gasteiger partial charge in [-0.05, 0) is 130 Å². The van der Waals surface area contributed by atoms with Gasteiger partial charge in [-0.25, -0.2) is 0 Å². The number of rotatable bonds is 11. The number of carbonyl (C=O) groups is 2. The lowest BCUT2D eigenvalue weighted by Crippen LogP contribution is -2.55. The van der Waals surface area contributed by atoms with E-state index >= 15 is 0 Å². The number of hydrogen-bond donors (Lipinski definition) is 2. The Balaban J connectivity index is 1.39. The minimum absolute atomic E-state index is 0.0897. The Morgan fingerprint density at radius 1 is 0.926 bits per heavy atom. The van der Waals surface area contributed by atoms with Crippen LogP contribution in [0, 0.1) is 5.41 Å². The van der Waals surface area contributed by atoms with Crippen molar-refractivity contribution in [1.82, 2.24) is 4.90 Å². The zero-order valence-electron chi connectivity index (χ0n) is 32.6.